The quantitative estimate of drug-likeness (QED) is 0.480. The summed E-state index contributed by atoms with van der Waals surface area (Å²) in [6, 6.07) is 21.0. The number of nitrogens with zero attached hydrogens (tertiary/aromatic N) is 2. The number of methoxy groups -OCH3 is 1. The minimum Gasteiger partial charge on any atom is -0.497 e. The number of sulfonamides is 1. The normalized spacial score (nSPS) is 17.0. The number of rotatable bonds is 7. The molecule has 4 rings (SSSR count). The summed E-state index contributed by atoms with van der Waals surface area (Å²) in [5, 5.41) is 2.23. The topological polar surface area (TPSA) is 105 Å². The predicted molar refractivity (Wildman–Crippen MR) is 138 cm³/mol. The van der Waals surface area contributed by atoms with Gasteiger partial charge in [0.25, 0.3) is 10.0 Å². The lowest BCUT2D eigenvalue weighted by atomic mass is 10.2. The lowest BCUT2D eigenvalue weighted by Gasteiger charge is -2.16. The van der Waals surface area contributed by atoms with Crippen LogP contribution in [0.5, 0.6) is 5.75 Å². The van der Waals surface area contributed by atoms with Gasteiger partial charge in [-0.05, 0) is 48.5 Å². The molecule has 35 heavy (non-hydrogen) atoms. The van der Waals surface area contributed by atoms with Gasteiger partial charge >= 0.3 is 0 Å². The SMILES string of the molecule is COc1cccc(NC(=O)C[C@H]2SC(=NS(=O)(=O)c3ccc(Cl)cc3)N(c3ccccc3)C2=O)c1. The molecule has 3 aromatic carbocycles. The summed E-state index contributed by atoms with van der Waals surface area (Å²) >= 11 is 6.79. The molecule has 0 aromatic heterocycles. The van der Waals surface area contributed by atoms with Crippen molar-refractivity contribution < 1.29 is 22.7 Å². The number of thioether (sulfide) groups is 1. The summed E-state index contributed by atoms with van der Waals surface area (Å²) in [7, 11) is -2.61. The molecule has 0 saturated carbocycles. The Kier molecular flexibility index (Phi) is 7.44. The van der Waals surface area contributed by atoms with Gasteiger partial charge in [0.1, 0.15) is 11.0 Å². The zero-order valence-corrected chi connectivity index (χ0v) is 20.8. The maximum Gasteiger partial charge on any atom is 0.284 e. The number of ether oxygens (including phenoxy) is 1. The second-order valence-corrected chi connectivity index (χ2v) is 10.6. The molecular formula is C24H20ClN3O5S2. The largest absolute Gasteiger partial charge is 0.497 e. The van der Waals surface area contributed by atoms with Crippen LogP contribution in [0.1, 0.15) is 6.42 Å². The second-order valence-electron chi connectivity index (χ2n) is 7.40. The van der Waals surface area contributed by atoms with Crippen LogP contribution in [-0.2, 0) is 19.6 Å². The zero-order valence-electron chi connectivity index (χ0n) is 18.4. The second kappa shape index (κ2) is 10.5. The Bertz CT molecular complexity index is 1380. The third kappa shape index (κ3) is 5.84. The van der Waals surface area contributed by atoms with Crippen LogP contribution in [0.4, 0.5) is 11.4 Å². The van der Waals surface area contributed by atoms with Crippen LogP contribution >= 0.6 is 23.4 Å². The molecule has 1 atom stereocenters. The Hall–Kier alpha value is -3.34. The van der Waals surface area contributed by atoms with Gasteiger partial charge in [-0.1, -0.05) is 47.6 Å². The van der Waals surface area contributed by atoms with E-state index < -0.39 is 27.1 Å². The first-order valence-electron chi connectivity index (χ1n) is 10.4. The van der Waals surface area contributed by atoms with Crippen LogP contribution in [-0.4, -0.2) is 37.8 Å². The van der Waals surface area contributed by atoms with Gasteiger partial charge in [-0.2, -0.15) is 8.42 Å². The number of para-hydroxylation sites is 1. The fourth-order valence-electron chi connectivity index (χ4n) is 3.32. The molecule has 180 valence electrons. The molecular weight excluding hydrogens is 510 g/mol. The van der Waals surface area contributed by atoms with Crippen LogP contribution < -0.4 is 15.0 Å². The van der Waals surface area contributed by atoms with Crippen LogP contribution in [0.15, 0.2) is 88.2 Å². The van der Waals surface area contributed by atoms with E-state index in [-0.39, 0.29) is 16.5 Å². The molecule has 0 radical (unpaired) electrons. The van der Waals surface area contributed by atoms with Crippen LogP contribution in [0.2, 0.25) is 5.02 Å². The third-order valence-electron chi connectivity index (χ3n) is 4.98. The molecule has 1 N–H and O–H groups in total. The number of amidine groups is 1. The molecule has 8 nitrogen and oxygen atoms in total. The smallest absolute Gasteiger partial charge is 0.284 e. The average molecular weight is 530 g/mol. The molecule has 1 heterocycles. The fraction of sp³-hybridized carbons (Fsp3) is 0.125. The van der Waals surface area contributed by atoms with Crippen LogP contribution in [0.25, 0.3) is 0 Å². The number of carbonyl (C=O) groups excluding carboxylic acids is 2. The van der Waals surface area contributed by atoms with Gasteiger partial charge in [0, 0.05) is 23.2 Å². The zero-order chi connectivity index (χ0) is 25.0. The minimum atomic E-state index is -4.13. The summed E-state index contributed by atoms with van der Waals surface area (Å²) in [6.45, 7) is 0. The van der Waals surface area contributed by atoms with Crippen molar-refractivity contribution in [2.75, 3.05) is 17.3 Å². The van der Waals surface area contributed by atoms with E-state index in [0.29, 0.717) is 22.1 Å². The summed E-state index contributed by atoms with van der Waals surface area (Å²) in [5.74, 6) is -0.267. The lowest BCUT2D eigenvalue weighted by molar-refractivity contribution is -0.121. The van der Waals surface area contributed by atoms with E-state index >= 15 is 0 Å². The minimum absolute atomic E-state index is 0.0321. The first-order valence-corrected chi connectivity index (χ1v) is 13.1. The van der Waals surface area contributed by atoms with Crippen molar-refractivity contribution in [3.63, 3.8) is 0 Å². The highest BCUT2D eigenvalue weighted by Gasteiger charge is 2.41. The number of hydrogen-bond donors (Lipinski definition) is 1. The summed E-state index contributed by atoms with van der Waals surface area (Å²) in [6.07, 6.45) is -0.177. The number of amides is 2. The Morgan fingerprint density at radius 3 is 2.49 bits per heavy atom. The predicted octanol–water partition coefficient (Wildman–Crippen LogP) is 4.57. The van der Waals surface area contributed by atoms with Crippen molar-refractivity contribution in [1.82, 2.24) is 0 Å². The molecule has 0 spiro atoms. The first-order chi connectivity index (χ1) is 16.8. The molecule has 0 bridgehead atoms. The summed E-state index contributed by atoms with van der Waals surface area (Å²) < 4.78 is 35.0. The van der Waals surface area contributed by atoms with Gasteiger partial charge in [0.2, 0.25) is 11.8 Å². The van der Waals surface area contributed by atoms with Crippen LogP contribution in [0, 0.1) is 0 Å². The van der Waals surface area contributed by atoms with E-state index in [0.717, 1.165) is 11.8 Å². The Morgan fingerprint density at radius 1 is 1.09 bits per heavy atom. The monoisotopic (exact) mass is 529 g/mol. The van der Waals surface area contributed by atoms with Gasteiger partial charge in [-0.25, -0.2) is 0 Å². The molecule has 1 aliphatic heterocycles. The number of halogens is 1. The number of carbonyl (C=O) groups is 2. The highest BCUT2D eigenvalue weighted by Crippen LogP contribution is 2.35. The van der Waals surface area contributed by atoms with Gasteiger partial charge in [0.15, 0.2) is 5.17 Å². The third-order valence-corrected chi connectivity index (χ3v) is 7.77. The molecule has 0 unspecified atom stereocenters. The Morgan fingerprint density at radius 2 is 1.80 bits per heavy atom. The van der Waals surface area contributed by atoms with Crippen molar-refractivity contribution in [3.8, 4) is 5.75 Å². The highest BCUT2D eigenvalue weighted by atomic mass is 35.5. The molecule has 2 amide bonds. The lowest BCUT2D eigenvalue weighted by Crippen LogP contribution is -2.33. The van der Waals surface area contributed by atoms with Crippen molar-refractivity contribution >= 4 is 61.7 Å². The number of anilines is 2. The van der Waals surface area contributed by atoms with Crippen molar-refractivity contribution in [3.05, 3.63) is 83.9 Å². The van der Waals surface area contributed by atoms with E-state index in [1.807, 2.05) is 0 Å². The van der Waals surface area contributed by atoms with Crippen molar-refractivity contribution in [2.45, 2.75) is 16.6 Å². The molecule has 0 aliphatic carbocycles. The van der Waals surface area contributed by atoms with Crippen LogP contribution in [0.3, 0.4) is 0 Å². The number of nitrogens with one attached hydrogen (secondary N) is 1. The molecule has 1 aliphatic rings. The van der Waals surface area contributed by atoms with Gasteiger partial charge in [-0.3, -0.25) is 14.5 Å². The maximum atomic E-state index is 13.3. The van der Waals surface area contributed by atoms with Gasteiger partial charge < -0.3 is 10.1 Å². The first kappa shape index (κ1) is 24.8. The molecule has 1 fully saturated rings. The van der Waals surface area contributed by atoms with Gasteiger partial charge in [-0.15, -0.1) is 4.40 Å². The van der Waals surface area contributed by atoms with E-state index in [2.05, 4.69) is 9.71 Å². The van der Waals surface area contributed by atoms with E-state index in [9.17, 15) is 18.0 Å². The fourth-order valence-corrected chi connectivity index (χ4v) is 5.78. The standard InChI is InChI=1S/C24H20ClN3O5S2/c1-33-19-9-5-6-17(14-19)26-22(29)15-21-23(30)28(18-7-3-2-4-8-18)24(34-21)27-35(31,32)20-12-10-16(25)11-13-20/h2-14,21H,15H2,1H3,(H,26,29)/t21-/m1/s1. The summed E-state index contributed by atoms with van der Waals surface area (Å²) in [5.41, 5.74) is 0.967. The molecule has 11 heteroatoms. The van der Waals surface area contributed by atoms with E-state index in [1.54, 1.807) is 54.6 Å². The van der Waals surface area contributed by atoms with Crippen molar-refractivity contribution in [2.24, 2.45) is 4.40 Å². The molecule has 1 saturated heterocycles. The van der Waals surface area contributed by atoms with E-state index in [4.69, 9.17) is 16.3 Å². The van der Waals surface area contributed by atoms with Crippen molar-refractivity contribution in [1.29, 1.82) is 0 Å². The maximum absolute atomic E-state index is 13.3. The highest BCUT2D eigenvalue weighted by molar-refractivity contribution is 8.16. The Balaban J connectivity index is 1.61. The number of hydrogen-bond acceptors (Lipinski definition) is 6. The Labute approximate surface area is 212 Å². The summed E-state index contributed by atoms with van der Waals surface area (Å²) in [4.78, 5) is 27.1. The van der Waals surface area contributed by atoms with E-state index in [1.165, 1.54) is 36.3 Å². The average Bonchev–Trinajstić information content (AvgIpc) is 3.13. The molecule has 3 aromatic rings. The number of benzene rings is 3. The van der Waals surface area contributed by atoms with Gasteiger partial charge in [0.05, 0.1) is 17.7 Å².